The lowest BCUT2D eigenvalue weighted by molar-refractivity contribution is 0.589. The number of nitrogens with one attached hydrogen (secondary N) is 1. The third-order valence-electron chi connectivity index (χ3n) is 2.91. The first-order chi connectivity index (χ1) is 7.97. The topological polar surface area (TPSA) is 12.0 Å². The lowest BCUT2D eigenvalue weighted by Gasteiger charge is -2.20. The molecule has 1 unspecified atom stereocenters. The highest BCUT2D eigenvalue weighted by molar-refractivity contribution is 8.00. The molecule has 0 fully saturated rings. The highest BCUT2D eigenvalue weighted by atomic mass is 32.2. The molecule has 1 aromatic carbocycles. The van der Waals surface area contributed by atoms with Crippen molar-refractivity contribution >= 4 is 11.8 Å². The van der Waals surface area contributed by atoms with Crippen molar-refractivity contribution in [2.75, 3.05) is 13.6 Å². The van der Waals surface area contributed by atoms with Gasteiger partial charge in [0, 0.05) is 16.7 Å². The van der Waals surface area contributed by atoms with Crippen LogP contribution in [0.25, 0.3) is 0 Å². The van der Waals surface area contributed by atoms with Crippen molar-refractivity contribution in [1.29, 1.82) is 0 Å². The van der Waals surface area contributed by atoms with Gasteiger partial charge in [-0.2, -0.15) is 0 Å². The maximum atomic E-state index is 3.25. The minimum absolute atomic E-state index is 0.248. The van der Waals surface area contributed by atoms with E-state index >= 15 is 0 Å². The van der Waals surface area contributed by atoms with Gasteiger partial charge in [-0.25, -0.2) is 0 Å². The minimum Gasteiger partial charge on any atom is -0.319 e. The van der Waals surface area contributed by atoms with Crippen LogP contribution < -0.4 is 5.32 Å². The summed E-state index contributed by atoms with van der Waals surface area (Å²) in [5.74, 6) is 0. The van der Waals surface area contributed by atoms with Crippen LogP contribution in [-0.2, 0) is 5.41 Å². The van der Waals surface area contributed by atoms with Gasteiger partial charge in [0.15, 0.2) is 0 Å². The molecule has 1 nitrogen and oxygen atoms in total. The highest BCUT2D eigenvalue weighted by Crippen LogP contribution is 2.28. The molecule has 1 atom stereocenters. The molecule has 0 aliphatic rings. The van der Waals surface area contributed by atoms with E-state index in [1.54, 1.807) is 0 Å². The normalized spacial score (nSPS) is 13.7. The second-order valence-electron chi connectivity index (χ2n) is 5.48. The van der Waals surface area contributed by atoms with Crippen LogP contribution >= 0.6 is 11.8 Å². The lowest BCUT2D eigenvalue weighted by Crippen LogP contribution is -2.20. The zero-order chi connectivity index (χ0) is 12.9. The molecule has 1 N–H and O–H groups in total. The molecule has 0 radical (unpaired) electrons. The second kappa shape index (κ2) is 6.46. The Morgan fingerprint density at radius 2 is 1.76 bits per heavy atom. The Hall–Kier alpha value is -0.470. The maximum absolute atomic E-state index is 3.25. The molecule has 0 aliphatic heterocycles. The van der Waals surface area contributed by atoms with E-state index in [1.807, 2.05) is 18.8 Å². The Bertz CT molecular complexity index is 324. The maximum Gasteiger partial charge on any atom is 0.0217 e. The van der Waals surface area contributed by atoms with Crippen LogP contribution in [-0.4, -0.2) is 18.8 Å². The second-order valence-corrected chi connectivity index (χ2v) is 6.85. The van der Waals surface area contributed by atoms with E-state index in [4.69, 9.17) is 0 Å². The zero-order valence-corrected chi connectivity index (χ0v) is 12.5. The average molecular weight is 251 g/mol. The summed E-state index contributed by atoms with van der Waals surface area (Å²) in [5, 5.41) is 3.92. The molecule has 0 aromatic heterocycles. The number of hydrogen-bond donors (Lipinski definition) is 1. The Morgan fingerprint density at radius 3 is 2.18 bits per heavy atom. The van der Waals surface area contributed by atoms with Crippen molar-refractivity contribution in [2.24, 2.45) is 0 Å². The van der Waals surface area contributed by atoms with Crippen molar-refractivity contribution in [2.45, 2.75) is 49.7 Å². The van der Waals surface area contributed by atoms with Crippen molar-refractivity contribution in [3.8, 4) is 0 Å². The number of hydrogen-bond acceptors (Lipinski definition) is 2. The molecule has 0 aliphatic carbocycles. The van der Waals surface area contributed by atoms with Crippen LogP contribution in [0.1, 0.15) is 39.7 Å². The van der Waals surface area contributed by atoms with Gasteiger partial charge in [0.25, 0.3) is 0 Å². The Morgan fingerprint density at radius 1 is 1.18 bits per heavy atom. The predicted molar refractivity (Wildman–Crippen MR) is 79.0 cm³/mol. The predicted octanol–water partition coefficient (Wildman–Crippen LogP) is 4.07. The molecule has 17 heavy (non-hydrogen) atoms. The van der Waals surface area contributed by atoms with Gasteiger partial charge < -0.3 is 5.32 Å². The van der Waals surface area contributed by atoms with Gasteiger partial charge >= 0.3 is 0 Å². The average Bonchev–Trinajstić information content (AvgIpc) is 2.28. The SMILES string of the molecule is CCC(CNC)Sc1ccc(C(C)(C)C)cc1. The van der Waals surface area contributed by atoms with Gasteiger partial charge in [-0.3, -0.25) is 0 Å². The van der Waals surface area contributed by atoms with E-state index in [9.17, 15) is 0 Å². The molecule has 0 amide bonds. The monoisotopic (exact) mass is 251 g/mol. The van der Waals surface area contributed by atoms with Crippen LogP contribution in [0.5, 0.6) is 0 Å². The summed E-state index contributed by atoms with van der Waals surface area (Å²) in [6.45, 7) is 10.1. The molecule has 96 valence electrons. The molecular formula is C15H25NS. The van der Waals surface area contributed by atoms with Crippen molar-refractivity contribution in [3.05, 3.63) is 29.8 Å². The third-order valence-corrected chi connectivity index (χ3v) is 4.29. The van der Waals surface area contributed by atoms with Crippen molar-refractivity contribution in [3.63, 3.8) is 0 Å². The van der Waals surface area contributed by atoms with Gasteiger partial charge in [0.05, 0.1) is 0 Å². The van der Waals surface area contributed by atoms with Crippen LogP contribution in [0.2, 0.25) is 0 Å². The van der Waals surface area contributed by atoms with E-state index in [0.29, 0.717) is 5.25 Å². The van der Waals surface area contributed by atoms with Gasteiger partial charge in [0.1, 0.15) is 0 Å². The van der Waals surface area contributed by atoms with Crippen LogP contribution in [0.15, 0.2) is 29.2 Å². The van der Waals surface area contributed by atoms with E-state index < -0.39 is 0 Å². The number of rotatable bonds is 5. The standard InChI is InChI=1S/C15H25NS/c1-6-13(11-16-5)17-14-9-7-12(8-10-14)15(2,3)4/h7-10,13,16H,6,11H2,1-5H3. The Labute approximate surface area is 110 Å². The van der Waals surface area contributed by atoms with Gasteiger partial charge in [0.2, 0.25) is 0 Å². The highest BCUT2D eigenvalue weighted by Gasteiger charge is 2.13. The summed E-state index contributed by atoms with van der Waals surface area (Å²) in [6, 6.07) is 9.02. The zero-order valence-electron chi connectivity index (χ0n) is 11.7. The third kappa shape index (κ3) is 4.72. The molecule has 0 bridgehead atoms. The largest absolute Gasteiger partial charge is 0.319 e. The van der Waals surface area contributed by atoms with Crippen molar-refractivity contribution in [1.82, 2.24) is 5.32 Å². The summed E-state index contributed by atoms with van der Waals surface area (Å²) < 4.78 is 0. The van der Waals surface area contributed by atoms with Crippen LogP contribution in [0.3, 0.4) is 0 Å². The lowest BCUT2D eigenvalue weighted by atomic mass is 9.87. The Balaban J connectivity index is 2.68. The summed E-state index contributed by atoms with van der Waals surface area (Å²) in [5.41, 5.74) is 1.65. The van der Waals surface area contributed by atoms with Crippen LogP contribution in [0, 0.1) is 0 Å². The molecule has 1 aromatic rings. The molecule has 0 saturated carbocycles. The minimum atomic E-state index is 0.248. The number of thioether (sulfide) groups is 1. The quantitative estimate of drug-likeness (QED) is 0.792. The van der Waals surface area contributed by atoms with E-state index in [0.717, 1.165) is 6.54 Å². The van der Waals surface area contributed by atoms with Gasteiger partial charge in [-0.1, -0.05) is 39.8 Å². The first-order valence-electron chi connectivity index (χ1n) is 6.39. The van der Waals surface area contributed by atoms with Crippen LogP contribution in [0.4, 0.5) is 0 Å². The first-order valence-corrected chi connectivity index (χ1v) is 7.27. The first kappa shape index (κ1) is 14.6. The fourth-order valence-electron chi connectivity index (χ4n) is 1.72. The smallest absolute Gasteiger partial charge is 0.0217 e. The van der Waals surface area contributed by atoms with E-state index in [2.05, 4.69) is 57.3 Å². The molecule has 0 saturated heterocycles. The molecule has 2 heteroatoms. The van der Waals surface area contributed by atoms with Gasteiger partial charge in [-0.05, 0) is 36.6 Å². The van der Waals surface area contributed by atoms with Gasteiger partial charge in [-0.15, -0.1) is 11.8 Å². The van der Waals surface area contributed by atoms with E-state index in [1.165, 1.54) is 16.9 Å². The fraction of sp³-hybridized carbons (Fsp3) is 0.600. The summed E-state index contributed by atoms with van der Waals surface area (Å²) in [7, 11) is 2.02. The van der Waals surface area contributed by atoms with Crippen molar-refractivity contribution < 1.29 is 0 Å². The Kier molecular flexibility index (Phi) is 5.54. The fourth-order valence-corrected chi connectivity index (χ4v) is 2.82. The summed E-state index contributed by atoms with van der Waals surface area (Å²) in [6.07, 6.45) is 1.20. The number of benzene rings is 1. The summed E-state index contributed by atoms with van der Waals surface area (Å²) >= 11 is 1.97. The summed E-state index contributed by atoms with van der Waals surface area (Å²) in [4.78, 5) is 1.38. The molecule has 0 spiro atoms. The van der Waals surface area contributed by atoms with E-state index in [-0.39, 0.29) is 5.41 Å². The molecular weight excluding hydrogens is 226 g/mol. The molecule has 1 rings (SSSR count). The molecule has 0 heterocycles.